The van der Waals surface area contributed by atoms with Gasteiger partial charge in [0.15, 0.2) is 6.10 Å². The van der Waals surface area contributed by atoms with E-state index in [0.717, 1.165) is 64.2 Å². The zero-order valence-electron chi connectivity index (χ0n) is 31.1. The molecule has 0 spiro atoms. The van der Waals surface area contributed by atoms with Gasteiger partial charge in [0.05, 0.1) is 13.2 Å². The van der Waals surface area contributed by atoms with Crippen molar-refractivity contribution in [2.45, 2.75) is 180 Å². The van der Waals surface area contributed by atoms with Crippen LogP contribution in [0.2, 0.25) is 0 Å². The summed E-state index contributed by atoms with van der Waals surface area (Å²) in [6.07, 6.45) is 31.4. The Morgan fingerprint density at radius 2 is 1.10 bits per heavy atom. The van der Waals surface area contributed by atoms with Crippen molar-refractivity contribution < 1.29 is 47.5 Å². The lowest BCUT2D eigenvalue weighted by atomic mass is 10.0. The van der Waals surface area contributed by atoms with E-state index in [1.54, 1.807) is 0 Å². The van der Waals surface area contributed by atoms with Gasteiger partial charge in [-0.3, -0.25) is 23.4 Å². The first-order valence-corrected chi connectivity index (χ1v) is 20.8. The predicted molar refractivity (Wildman–Crippen MR) is 199 cm³/mol. The van der Waals surface area contributed by atoms with Crippen LogP contribution in [-0.4, -0.2) is 59.9 Å². The highest BCUT2D eigenvalue weighted by atomic mass is 31.2. The molecule has 0 fully saturated rings. The van der Waals surface area contributed by atoms with Gasteiger partial charge in [-0.05, 0) is 44.9 Å². The van der Waals surface area contributed by atoms with Crippen LogP contribution in [0.1, 0.15) is 167 Å². The summed E-state index contributed by atoms with van der Waals surface area (Å²) in [6.45, 7) is 4.25. The van der Waals surface area contributed by atoms with Crippen LogP contribution in [0.5, 0.6) is 0 Å². The van der Waals surface area contributed by atoms with Gasteiger partial charge in [-0.2, -0.15) is 0 Å². The largest absolute Gasteiger partial charge is 0.480 e. The topological polar surface area (TPSA) is 172 Å². The van der Waals surface area contributed by atoms with Crippen LogP contribution in [0.15, 0.2) is 24.8 Å². The molecule has 0 aliphatic rings. The molecule has 12 heteroatoms. The molecule has 0 aliphatic heterocycles. The molecular formula is C38H70NO10P. The number of phosphoric ester groups is 1. The number of ether oxygens (including phenoxy) is 2. The number of carbonyl (C=O) groups excluding carboxylic acids is 2. The third-order valence-electron chi connectivity index (χ3n) is 8.32. The van der Waals surface area contributed by atoms with Crippen LogP contribution in [0, 0.1) is 0 Å². The standard InChI is InChI=1S/C38H70NO10P/c1-3-5-7-9-11-13-15-16-17-18-20-21-23-25-27-29-36(40)46-31-34(32-47-50(44,45)48-33-35(39)38(42)43)49-37(41)30-28-26-24-22-19-14-12-10-8-6-4-2/h3,10,12,34-35H,1,4-9,11,13-33,39H2,2H3,(H,42,43)(H,44,45)/b12-10+/t34-,35+/m1/s1. The Labute approximate surface area is 302 Å². The smallest absolute Gasteiger partial charge is 0.472 e. The molecule has 0 rings (SSSR count). The van der Waals surface area contributed by atoms with E-state index in [1.165, 1.54) is 70.6 Å². The van der Waals surface area contributed by atoms with E-state index < -0.39 is 51.1 Å². The van der Waals surface area contributed by atoms with E-state index >= 15 is 0 Å². The molecule has 4 N–H and O–H groups in total. The van der Waals surface area contributed by atoms with E-state index in [0.29, 0.717) is 12.8 Å². The van der Waals surface area contributed by atoms with Gasteiger partial charge >= 0.3 is 25.7 Å². The summed E-state index contributed by atoms with van der Waals surface area (Å²) in [6, 6.07) is -1.52. The van der Waals surface area contributed by atoms with Crippen LogP contribution in [0.4, 0.5) is 0 Å². The second-order valence-electron chi connectivity index (χ2n) is 13.1. The molecule has 0 saturated carbocycles. The van der Waals surface area contributed by atoms with E-state index in [-0.39, 0.29) is 19.4 Å². The minimum atomic E-state index is -4.71. The Morgan fingerprint density at radius 3 is 1.60 bits per heavy atom. The molecule has 0 aromatic carbocycles. The predicted octanol–water partition coefficient (Wildman–Crippen LogP) is 9.50. The number of esters is 2. The summed E-state index contributed by atoms with van der Waals surface area (Å²) >= 11 is 0. The zero-order valence-corrected chi connectivity index (χ0v) is 32.0. The van der Waals surface area contributed by atoms with E-state index in [1.807, 2.05) is 6.08 Å². The van der Waals surface area contributed by atoms with Gasteiger partial charge in [0.25, 0.3) is 0 Å². The second-order valence-corrected chi connectivity index (χ2v) is 14.6. The monoisotopic (exact) mass is 731 g/mol. The molecule has 0 aromatic heterocycles. The maximum absolute atomic E-state index is 12.5. The zero-order chi connectivity index (χ0) is 37.1. The van der Waals surface area contributed by atoms with Crippen LogP contribution >= 0.6 is 7.82 Å². The summed E-state index contributed by atoms with van der Waals surface area (Å²) in [5, 5.41) is 8.85. The van der Waals surface area contributed by atoms with Gasteiger partial charge in [0.1, 0.15) is 12.6 Å². The SMILES string of the molecule is C=CCCCCCCCCCCCCCCCC(=O)OC[C@H](COP(=O)(O)OC[C@H](N)C(=O)O)OC(=O)CCCCCCC/C=C/CCCC. The Kier molecular flexibility index (Phi) is 32.7. The number of nitrogens with two attached hydrogens (primary N) is 1. The van der Waals surface area contributed by atoms with Crippen molar-refractivity contribution in [3.63, 3.8) is 0 Å². The number of aliphatic carboxylic acids is 1. The maximum Gasteiger partial charge on any atom is 0.472 e. The average molecular weight is 732 g/mol. The van der Waals surface area contributed by atoms with Gasteiger partial charge in [-0.25, -0.2) is 4.57 Å². The van der Waals surface area contributed by atoms with Crippen molar-refractivity contribution in [3.05, 3.63) is 24.8 Å². The normalized spacial score (nSPS) is 13.9. The van der Waals surface area contributed by atoms with E-state index in [2.05, 4.69) is 30.2 Å². The highest BCUT2D eigenvalue weighted by Crippen LogP contribution is 2.43. The number of phosphoric acid groups is 1. The highest BCUT2D eigenvalue weighted by Gasteiger charge is 2.28. The number of hydrogen-bond acceptors (Lipinski definition) is 9. The molecule has 0 aromatic rings. The average Bonchev–Trinajstić information content (AvgIpc) is 3.09. The molecule has 292 valence electrons. The molecule has 0 saturated heterocycles. The Balaban J connectivity index is 4.39. The van der Waals surface area contributed by atoms with Crippen molar-refractivity contribution in [3.8, 4) is 0 Å². The number of rotatable bonds is 37. The van der Waals surface area contributed by atoms with Crippen molar-refractivity contribution in [2.24, 2.45) is 5.73 Å². The van der Waals surface area contributed by atoms with Crippen LogP contribution in [-0.2, 0) is 37.5 Å². The van der Waals surface area contributed by atoms with Crippen molar-refractivity contribution >= 4 is 25.7 Å². The van der Waals surface area contributed by atoms with Gasteiger partial charge in [0.2, 0.25) is 0 Å². The molecule has 1 unspecified atom stereocenters. The third-order valence-corrected chi connectivity index (χ3v) is 9.27. The van der Waals surface area contributed by atoms with E-state index in [4.69, 9.17) is 24.8 Å². The summed E-state index contributed by atoms with van der Waals surface area (Å²) in [5.41, 5.74) is 5.31. The van der Waals surface area contributed by atoms with Crippen LogP contribution in [0.3, 0.4) is 0 Å². The molecular weight excluding hydrogens is 661 g/mol. The third kappa shape index (κ3) is 33.1. The fourth-order valence-corrected chi connectivity index (χ4v) is 5.98. The van der Waals surface area contributed by atoms with Crippen LogP contribution in [0.25, 0.3) is 0 Å². The first-order valence-electron chi connectivity index (χ1n) is 19.3. The minimum Gasteiger partial charge on any atom is -0.480 e. The lowest BCUT2D eigenvalue weighted by Crippen LogP contribution is -2.34. The number of allylic oxidation sites excluding steroid dienone is 3. The number of hydrogen-bond donors (Lipinski definition) is 3. The number of unbranched alkanes of at least 4 members (excludes halogenated alkanes) is 20. The molecule has 11 nitrogen and oxygen atoms in total. The fourth-order valence-electron chi connectivity index (χ4n) is 5.20. The van der Waals surface area contributed by atoms with E-state index in [9.17, 15) is 23.8 Å². The first-order chi connectivity index (χ1) is 24.1. The molecule has 0 radical (unpaired) electrons. The highest BCUT2D eigenvalue weighted by molar-refractivity contribution is 7.47. The quantitative estimate of drug-likeness (QED) is 0.0240. The Hall–Kier alpha value is -2.04. The first kappa shape index (κ1) is 48.0. The van der Waals surface area contributed by atoms with Gasteiger partial charge in [-0.1, -0.05) is 128 Å². The van der Waals surface area contributed by atoms with Gasteiger partial charge in [-0.15, -0.1) is 6.58 Å². The summed E-state index contributed by atoms with van der Waals surface area (Å²) in [4.78, 5) is 45.7. The number of carbonyl (C=O) groups is 3. The van der Waals surface area contributed by atoms with Crippen molar-refractivity contribution in [1.29, 1.82) is 0 Å². The molecule has 0 heterocycles. The Morgan fingerprint density at radius 1 is 0.660 bits per heavy atom. The summed E-state index contributed by atoms with van der Waals surface area (Å²) in [7, 11) is -4.71. The molecule has 0 amide bonds. The minimum absolute atomic E-state index is 0.151. The summed E-state index contributed by atoms with van der Waals surface area (Å²) < 4.78 is 32.5. The van der Waals surface area contributed by atoms with Gasteiger partial charge in [0, 0.05) is 12.8 Å². The lowest BCUT2D eigenvalue weighted by Gasteiger charge is -2.20. The lowest BCUT2D eigenvalue weighted by molar-refractivity contribution is -0.161. The van der Waals surface area contributed by atoms with Crippen molar-refractivity contribution in [1.82, 2.24) is 0 Å². The molecule has 50 heavy (non-hydrogen) atoms. The van der Waals surface area contributed by atoms with Crippen LogP contribution < -0.4 is 5.73 Å². The molecule has 0 aliphatic carbocycles. The number of carboxylic acids is 1. The summed E-state index contributed by atoms with van der Waals surface area (Å²) in [5.74, 6) is -2.39. The van der Waals surface area contributed by atoms with Crippen molar-refractivity contribution in [2.75, 3.05) is 19.8 Å². The second kappa shape index (κ2) is 34.1. The Bertz CT molecular complexity index is 945. The van der Waals surface area contributed by atoms with Gasteiger partial charge < -0.3 is 25.2 Å². The molecule has 0 bridgehead atoms. The molecule has 3 atom stereocenters. The maximum atomic E-state index is 12.5. The number of carboxylic acid groups (broad SMARTS) is 1. The fraction of sp³-hybridized carbons (Fsp3) is 0.816.